The molecular formula is C19H21N. The number of hydrogen-bond acceptors (Lipinski definition) is 1. The SMILES string of the molecule is CNC1CC(c2ccc3c(c2)Cc2ccccc2-3)C1C. The third-order valence-electron chi connectivity index (χ3n) is 5.39. The third-order valence-corrected chi connectivity index (χ3v) is 5.39. The van der Waals surface area contributed by atoms with Crippen LogP contribution in [0.3, 0.4) is 0 Å². The van der Waals surface area contributed by atoms with Crippen molar-refractivity contribution in [3.63, 3.8) is 0 Å². The zero-order valence-corrected chi connectivity index (χ0v) is 12.2. The first-order valence-corrected chi connectivity index (χ1v) is 7.66. The van der Waals surface area contributed by atoms with Gasteiger partial charge in [0.05, 0.1) is 0 Å². The maximum Gasteiger partial charge on any atom is 0.0101 e. The molecule has 1 nitrogen and oxygen atoms in total. The van der Waals surface area contributed by atoms with Gasteiger partial charge in [0, 0.05) is 6.04 Å². The van der Waals surface area contributed by atoms with Crippen LogP contribution in [0.1, 0.15) is 36.0 Å². The van der Waals surface area contributed by atoms with Gasteiger partial charge in [0.15, 0.2) is 0 Å². The fraction of sp³-hybridized carbons (Fsp3) is 0.368. The maximum absolute atomic E-state index is 3.42. The van der Waals surface area contributed by atoms with Crippen LogP contribution in [-0.2, 0) is 6.42 Å². The lowest BCUT2D eigenvalue weighted by molar-refractivity contribution is 0.194. The molecule has 0 amide bonds. The molecule has 2 aliphatic carbocycles. The Morgan fingerprint density at radius 2 is 1.80 bits per heavy atom. The lowest BCUT2D eigenvalue weighted by Crippen LogP contribution is -2.46. The van der Waals surface area contributed by atoms with Crippen LogP contribution in [0.5, 0.6) is 0 Å². The van der Waals surface area contributed by atoms with Gasteiger partial charge in [-0.3, -0.25) is 0 Å². The Balaban J connectivity index is 1.66. The van der Waals surface area contributed by atoms with Gasteiger partial charge in [-0.1, -0.05) is 49.4 Å². The lowest BCUT2D eigenvalue weighted by atomic mass is 9.67. The standard InChI is InChI=1S/C19H21N/c1-12-18(11-19(12)20-2)14-7-8-17-15(10-14)9-13-5-3-4-6-16(13)17/h3-8,10,12,18-20H,9,11H2,1-2H3. The van der Waals surface area contributed by atoms with E-state index in [0.29, 0.717) is 6.04 Å². The van der Waals surface area contributed by atoms with E-state index in [9.17, 15) is 0 Å². The molecule has 3 atom stereocenters. The van der Waals surface area contributed by atoms with Crippen molar-refractivity contribution < 1.29 is 0 Å². The van der Waals surface area contributed by atoms with E-state index in [0.717, 1.165) is 18.3 Å². The van der Waals surface area contributed by atoms with E-state index in [2.05, 4.69) is 61.8 Å². The molecule has 0 aromatic heterocycles. The van der Waals surface area contributed by atoms with Gasteiger partial charge in [0.1, 0.15) is 0 Å². The van der Waals surface area contributed by atoms with Gasteiger partial charge in [-0.05, 0) is 59.5 Å². The highest BCUT2D eigenvalue weighted by molar-refractivity contribution is 5.77. The minimum Gasteiger partial charge on any atom is -0.317 e. The molecule has 1 N–H and O–H groups in total. The summed E-state index contributed by atoms with van der Waals surface area (Å²) in [5.74, 6) is 1.49. The molecule has 1 heteroatoms. The summed E-state index contributed by atoms with van der Waals surface area (Å²) < 4.78 is 0. The molecule has 1 saturated carbocycles. The fourth-order valence-corrected chi connectivity index (χ4v) is 4.00. The number of nitrogens with one attached hydrogen (secondary N) is 1. The normalized spacial score (nSPS) is 26.8. The predicted molar refractivity (Wildman–Crippen MR) is 84.1 cm³/mol. The topological polar surface area (TPSA) is 12.0 Å². The highest BCUT2D eigenvalue weighted by atomic mass is 14.9. The van der Waals surface area contributed by atoms with Crippen LogP contribution in [0, 0.1) is 5.92 Å². The van der Waals surface area contributed by atoms with Crippen molar-refractivity contribution in [3.05, 3.63) is 59.2 Å². The first kappa shape index (κ1) is 12.2. The largest absolute Gasteiger partial charge is 0.317 e. The minimum atomic E-state index is 0.699. The Hall–Kier alpha value is -1.60. The summed E-state index contributed by atoms with van der Waals surface area (Å²) in [7, 11) is 2.08. The van der Waals surface area contributed by atoms with E-state index in [-0.39, 0.29) is 0 Å². The van der Waals surface area contributed by atoms with Gasteiger partial charge < -0.3 is 5.32 Å². The van der Waals surface area contributed by atoms with E-state index in [1.54, 1.807) is 0 Å². The number of benzene rings is 2. The van der Waals surface area contributed by atoms with Gasteiger partial charge >= 0.3 is 0 Å². The van der Waals surface area contributed by atoms with Crippen LogP contribution in [0.2, 0.25) is 0 Å². The number of rotatable bonds is 2. The Morgan fingerprint density at radius 3 is 2.60 bits per heavy atom. The second-order valence-electron chi connectivity index (χ2n) is 6.35. The third kappa shape index (κ3) is 1.66. The molecule has 20 heavy (non-hydrogen) atoms. The van der Waals surface area contributed by atoms with E-state index >= 15 is 0 Å². The maximum atomic E-state index is 3.42. The van der Waals surface area contributed by atoms with Gasteiger partial charge in [-0.2, -0.15) is 0 Å². The zero-order valence-electron chi connectivity index (χ0n) is 12.2. The van der Waals surface area contributed by atoms with Gasteiger partial charge in [-0.25, -0.2) is 0 Å². The molecular weight excluding hydrogens is 242 g/mol. The summed E-state index contributed by atoms with van der Waals surface area (Å²) in [6.07, 6.45) is 2.39. The molecule has 0 spiro atoms. The first-order chi connectivity index (χ1) is 9.78. The Morgan fingerprint density at radius 1 is 1.00 bits per heavy atom. The quantitative estimate of drug-likeness (QED) is 0.737. The zero-order chi connectivity index (χ0) is 13.7. The molecule has 0 aliphatic heterocycles. The molecule has 0 heterocycles. The van der Waals surface area contributed by atoms with Crippen molar-refractivity contribution in [3.8, 4) is 11.1 Å². The predicted octanol–water partition coefficient (Wildman–Crippen LogP) is 3.97. The van der Waals surface area contributed by atoms with E-state index in [4.69, 9.17) is 0 Å². The molecule has 0 bridgehead atoms. The molecule has 0 radical (unpaired) electrons. The van der Waals surface area contributed by atoms with Crippen LogP contribution in [0.4, 0.5) is 0 Å². The average Bonchev–Trinajstić information content (AvgIpc) is 2.84. The van der Waals surface area contributed by atoms with E-state index < -0.39 is 0 Å². The molecule has 3 unspecified atom stereocenters. The Bertz CT molecular complexity index is 659. The van der Waals surface area contributed by atoms with E-state index in [1.807, 2.05) is 0 Å². The second-order valence-corrected chi connectivity index (χ2v) is 6.35. The Kier molecular flexibility index (Phi) is 2.71. The number of hydrogen-bond donors (Lipinski definition) is 1. The van der Waals surface area contributed by atoms with Crippen LogP contribution in [0.15, 0.2) is 42.5 Å². The van der Waals surface area contributed by atoms with Crippen LogP contribution < -0.4 is 5.32 Å². The summed E-state index contributed by atoms with van der Waals surface area (Å²) in [6, 6.07) is 16.7. The molecule has 4 rings (SSSR count). The smallest absolute Gasteiger partial charge is 0.0101 e. The fourth-order valence-electron chi connectivity index (χ4n) is 4.00. The van der Waals surface area contributed by atoms with Crippen molar-refractivity contribution >= 4 is 0 Å². The first-order valence-electron chi connectivity index (χ1n) is 7.66. The van der Waals surface area contributed by atoms with Crippen molar-refractivity contribution in [2.75, 3.05) is 7.05 Å². The van der Waals surface area contributed by atoms with Crippen LogP contribution in [-0.4, -0.2) is 13.1 Å². The Labute approximate surface area is 121 Å². The van der Waals surface area contributed by atoms with Crippen molar-refractivity contribution in [2.24, 2.45) is 5.92 Å². The van der Waals surface area contributed by atoms with Crippen molar-refractivity contribution in [2.45, 2.75) is 31.7 Å². The molecule has 1 fully saturated rings. The minimum absolute atomic E-state index is 0.699. The van der Waals surface area contributed by atoms with Gasteiger partial charge in [-0.15, -0.1) is 0 Å². The summed E-state index contributed by atoms with van der Waals surface area (Å²) >= 11 is 0. The summed E-state index contributed by atoms with van der Waals surface area (Å²) in [5, 5.41) is 3.42. The summed E-state index contributed by atoms with van der Waals surface area (Å²) in [6.45, 7) is 2.37. The van der Waals surface area contributed by atoms with Gasteiger partial charge in [0.2, 0.25) is 0 Å². The summed E-state index contributed by atoms with van der Waals surface area (Å²) in [5.41, 5.74) is 7.42. The highest BCUT2D eigenvalue weighted by Gasteiger charge is 2.37. The van der Waals surface area contributed by atoms with Crippen LogP contribution in [0.25, 0.3) is 11.1 Å². The second kappa shape index (κ2) is 4.46. The molecule has 2 aliphatic rings. The average molecular weight is 263 g/mol. The van der Waals surface area contributed by atoms with Gasteiger partial charge in [0.25, 0.3) is 0 Å². The van der Waals surface area contributed by atoms with Crippen molar-refractivity contribution in [1.82, 2.24) is 5.32 Å². The van der Waals surface area contributed by atoms with E-state index in [1.165, 1.54) is 34.2 Å². The van der Waals surface area contributed by atoms with Crippen LogP contribution >= 0.6 is 0 Å². The molecule has 2 aromatic carbocycles. The van der Waals surface area contributed by atoms with Crippen molar-refractivity contribution in [1.29, 1.82) is 0 Å². The monoisotopic (exact) mass is 263 g/mol. The molecule has 102 valence electrons. The molecule has 2 aromatic rings. The summed E-state index contributed by atoms with van der Waals surface area (Å²) in [4.78, 5) is 0. The number of fused-ring (bicyclic) bond motifs is 3. The lowest BCUT2D eigenvalue weighted by Gasteiger charge is -2.43. The highest BCUT2D eigenvalue weighted by Crippen LogP contribution is 2.45. The molecule has 0 saturated heterocycles.